The van der Waals surface area contributed by atoms with E-state index in [4.69, 9.17) is 30.8 Å². The van der Waals surface area contributed by atoms with Crippen LogP contribution in [0.4, 0.5) is 0 Å². The van der Waals surface area contributed by atoms with Crippen molar-refractivity contribution in [3.05, 3.63) is 126 Å². The van der Waals surface area contributed by atoms with E-state index in [2.05, 4.69) is 0 Å². The number of aromatic nitrogens is 1. The molecule has 0 radical (unpaired) electrons. The molecular formula is C34H30ClN3O6S. The molecule has 0 saturated carbocycles. The lowest BCUT2D eigenvalue weighted by Crippen LogP contribution is -2.42. The van der Waals surface area contributed by atoms with Crippen LogP contribution in [0, 0.1) is 0 Å². The van der Waals surface area contributed by atoms with Crippen molar-refractivity contribution in [3.8, 4) is 5.75 Å². The summed E-state index contributed by atoms with van der Waals surface area (Å²) in [5, 5.41) is 0.536. The highest BCUT2D eigenvalue weighted by atomic mass is 35.5. The average molecular weight is 644 g/mol. The van der Waals surface area contributed by atoms with Crippen LogP contribution < -0.4 is 19.6 Å². The van der Waals surface area contributed by atoms with Crippen LogP contribution in [0.25, 0.3) is 11.8 Å². The molecule has 1 saturated heterocycles. The minimum Gasteiger partial charge on any atom is -0.484 e. The molecule has 0 bridgehead atoms. The van der Waals surface area contributed by atoms with Crippen LogP contribution in [0.1, 0.15) is 29.7 Å². The number of ether oxygens (including phenoxy) is 3. The lowest BCUT2D eigenvalue weighted by molar-refractivity contribution is -0.139. The zero-order valence-electron chi connectivity index (χ0n) is 24.5. The van der Waals surface area contributed by atoms with E-state index in [1.165, 1.54) is 11.3 Å². The third-order valence-corrected chi connectivity index (χ3v) is 8.70. The maximum absolute atomic E-state index is 14.0. The summed E-state index contributed by atoms with van der Waals surface area (Å²) < 4.78 is 18.5. The number of morpholine rings is 1. The molecule has 3 heterocycles. The number of rotatable bonds is 8. The molecule has 9 nitrogen and oxygen atoms in total. The Labute approximate surface area is 268 Å². The number of thiazole rings is 1. The van der Waals surface area contributed by atoms with E-state index in [1.54, 1.807) is 58.9 Å². The zero-order valence-corrected chi connectivity index (χ0v) is 26.1. The number of benzene rings is 3. The fraction of sp³-hybridized carbons (Fsp3) is 0.235. The van der Waals surface area contributed by atoms with Crippen LogP contribution in [0.15, 0.2) is 94.2 Å². The van der Waals surface area contributed by atoms with Crippen molar-refractivity contribution in [3.63, 3.8) is 0 Å². The topological polar surface area (TPSA) is 99.4 Å². The molecule has 0 spiro atoms. The minimum atomic E-state index is -0.783. The molecule has 2 aliphatic heterocycles. The highest BCUT2D eigenvalue weighted by Crippen LogP contribution is 2.35. The molecule has 1 fully saturated rings. The molecule has 1 amide bonds. The van der Waals surface area contributed by atoms with E-state index in [-0.39, 0.29) is 30.3 Å². The van der Waals surface area contributed by atoms with Crippen LogP contribution in [0.5, 0.6) is 5.75 Å². The van der Waals surface area contributed by atoms with Gasteiger partial charge in [-0.3, -0.25) is 14.2 Å². The fourth-order valence-corrected chi connectivity index (χ4v) is 6.39. The summed E-state index contributed by atoms with van der Waals surface area (Å²) >= 11 is 7.45. The zero-order chi connectivity index (χ0) is 31.3. The highest BCUT2D eigenvalue weighted by Gasteiger charge is 2.35. The SMILES string of the molecule is CCOC(=O)C1=C(c2ccccc2)N=c2s/c(=C/c3ccc(OCC(=O)N4CCOCC4)cc3)c(=O)n2[C@H]1c1ccc(Cl)cc1. The molecule has 3 aromatic carbocycles. The first-order valence-electron chi connectivity index (χ1n) is 14.6. The monoisotopic (exact) mass is 643 g/mol. The second-order valence-corrected chi connectivity index (χ2v) is 11.8. The van der Waals surface area contributed by atoms with E-state index in [0.29, 0.717) is 57.7 Å². The van der Waals surface area contributed by atoms with Crippen molar-refractivity contribution < 1.29 is 23.8 Å². The van der Waals surface area contributed by atoms with Crippen LogP contribution in [-0.2, 0) is 19.1 Å². The third kappa shape index (κ3) is 6.63. The van der Waals surface area contributed by atoms with Crippen LogP contribution >= 0.6 is 22.9 Å². The molecule has 1 aromatic heterocycles. The maximum Gasteiger partial charge on any atom is 0.338 e. The largest absolute Gasteiger partial charge is 0.484 e. The maximum atomic E-state index is 14.0. The number of hydrogen-bond donors (Lipinski definition) is 0. The van der Waals surface area contributed by atoms with Gasteiger partial charge >= 0.3 is 5.97 Å². The van der Waals surface area contributed by atoms with Crippen molar-refractivity contribution in [2.24, 2.45) is 4.99 Å². The predicted molar refractivity (Wildman–Crippen MR) is 172 cm³/mol. The van der Waals surface area contributed by atoms with Gasteiger partial charge in [-0.25, -0.2) is 9.79 Å². The molecule has 11 heteroatoms. The highest BCUT2D eigenvalue weighted by molar-refractivity contribution is 7.07. The number of nitrogens with zero attached hydrogens (tertiary/aromatic N) is 3. The molecule has 6 rings (SSSR count). The molecule has 0 N–H and O–H groups in total. The molecule has 4 aromatic rings. The van der Waals surface area contributed by atoms with Gasteiger partial charge in [0.05, 0.1) is 41.7 Å². The molecule has 2 aliphatic rings. The van der Waals surface area contributed by atoms with Crippen molar-refractivity contribution >= 4 is 46.6 Å². The summed E-state index contributed by atoms with van der Waals surface area (Å²) in [7, 11) is 0. The number of carbonyl (C=O) groups is 2. The lowest BCUT2D eigenvalue weighted by atomic mass is 9.93. The van der Waals surface area contributed by atoms with E-state index in [1.807, 2.05) is 42.5 Å². The van der Waals surface area contributed by atoms with Gasteiger partial charge in [0, 0.05) is 23.7 Å². The first-order chi connectivity index (χ1) is 21.9. The summed E-state index contributed by atoms with van der Waals surface area (Å²) in [4.78, 5) is 47.1. The summed E-state index contributed by atoms with van der Waals surface area (Å²) in [5.41, 5.74) is 2.64. The van der Waals surface area contributed by atoms with Crippen molar-refractivity contribution in [1.82, 2.24) is 9.47 Å². The number of fused-ring (bicyclic) bond motifs is 1. The Kier molecular flexibility index (Phi) is 9.25. The number of hydrogen-bond acceptors (Lipinski definition) is 8. The smallest absolute Gasteiger partial charge is 0.338 e. The fourth-order valence-electron chi connectivity index (χ4n) is 5.26. The molecule has 0 unspecified atom stereocenters. The Morgan fingerprint density at radius 2 is 1.73 bits per heavy atom. The van der Waals surface area contributed by atoms with Crippen LogP contribution in [0.3, 0.4) is 0 Å². The van der Waals surface area contributed by atoms with E-state index >= 15 is 0 Å². The van der Waals surface area contributed by atoms with Crippen LogP contribution in [-0.4, -0.2) is 60.9 Å². The molecule has 1 atom stereocenters. The van der Waals surface area contributed by atoms with Gasteiger partial charge in [-0.2, -0.15) is 0 Å². The van der Waals surface area contributed by atoms with E-state index in [9.17, 15) is 14.4 Å². The molecular weight excluding hydrogens is 614 g/mol. The summed E-state index contributed by atoms with van der Waals surface area (Å²) in [6, 6.07) is 22.9. The number of amides is 1. The standard InChI is InChI=1S/C34H30ClN3O6S/c1-2-43-33(41)29-30(23-6-4-3-5-7-23)36-34-38(31(29)24-10-12-25(35)13-11-24)32(40)27(45-34)20-22-8-14-26(15-9-22)44-21-28(39)37-16-18-42-19-17-37/h3-15,20,31H,2,16-19,21H2,1H3/b27-20+/t31-/m0/s1. The summed E-state index contributed by atoms with van der Waals surface area (Å²) in [5.74, 6) is -0.0858. The Balaban J connectivity index is 1.38. The van der Waals surface area contributed by atoms with Crippen LogP contribution in [0.2, 0.25) is 5.02 Å². The second kappa shape index (κ2) is 13.6. The first kappa shape index (κ1) is 30.5. The molecule has 45 heavy (non-hydrogen) atoms. The Morgan fingerprint density at radius 1 is 1.02 bits per heavy atom. The van der Waals surface area contributed by atoms with Gasteiger partial charge in [-0.05, 0) is 48.4 Å². The van der Waals surface area contributed by atoms with E-state index in [0.717, 1.165) is 11.1 Å². The summed E-state index contributed by atoms with van der Waals surface area (Å²) in [6.45, 7) is 4.04. The van der Waals surface area contributed by atoms with Crippen molar-refractivity contribution in [2.75, 3.05) is 39.5 Å². The Morgan fingerprint density at radius 3 is 2.42 bits per heavy atom. The average Bonchev–Trinajstić information content (AvgIpc) is 3.38. The van der Waals surface area contributed by atoms with Gasteiger partial charge in [0.2, 0.25) is 0 Å². The summed E-state index contributed by atoms with van der Waals surface area (Å²) in [6.07, 6.45) is 1.78. The normalized spacial score (nSPS) is 16.6. The van der Waals surface area contributed by atoms with Crippen molar-refractivity contribution in [2.45, 2.75) is 13.0 Å². The van der Waals surface area contributed by atoms with Gasteiger partial charge in [-0.1, -0.05) is 77.5 Å². The molecule has 0 aliphatic carbocycles. The minimum absolute atomic E-state index is 0.0603. The van der Waals surface area contributed by atoms with Gasteiger partial charge in [0.25, 0.3) is 11.5 Å². The van der Waals surface area contributed by atoms with Gasteiger partial charge in [0.1, 0.15) is 5.75 Å². The van der Waals surface area contributed by atoms with Gasteiger partial charge in [0.15, 0.2) is 11.4 Å². The third-order valence-electron chi connectivity index (χ3n) is 7.46. The molecule has 230 valence electrons. The Bertz CT molecular complexity index is 1910. The lowest BCUT2D eigenvalue weighted by Gasteiger charge is -2.26. The first-order valence-corrected chi connectivity index (χ1v) is 15.7. The van der Waals surface area contributed by atoms with Crippen molar-refractivity contribution in [1.29, 1.82) is 0 Å². The van der Waals surface area contributed by atoms with Gasteiger partial charge < -0.3 is 19.1 Å². The second-order valence-electron chi connectivity index (χ2n) is 10.3. The van der Waals surface area contributed by atoms with E-state index < -0.39 is 12.0 Å². The number of esters is 1. The predicted octanol–water partition coefficient (Wildman–Crippen LogP) is 3.83. The Hall–Kier alpha value is -4.51. The number of carbonyl (C=O) groups excluding carboxylic acids is 2. The number of halogens is 1. The quantitative estimate of drug-likeness (QED) is 0.271. The van der Waals surface area contributed by atoms with Gasteiger partial charge in [-0.15, -0.1) is 0 Å².